The second-order valence-electron chi connectivity index (χ2n) is 7.37. The van der Waals surface area contributed by atoms with Gasteiger partial charge in [0.15, 0.2) is 0 Å². The topological polar surface area (TPSA) is 49.3 Å². The predicted molar refractivity (Wildman–Crippen MR) is 100 cm³/mol. The van der Waals surface area contributed by atoms with Crippen molar-refractivity contribution in [1.29, 1.82) is 0 Å². The highest BCUT2D eigenvalue weighted by atomic mass is 16.4. The third-order valence-electron chi connectivity index (χ3n) is 5.57. The predicted octanol–water partition coefficient (Wildman–Crippen LogP) is 5.33. The standard InChI is InChI=1S/C22H23NO2/c1-13(2)16-5-3-8-19-17-6-4-7-18(17)20(23-21(16)19)14-9-11-15(12-10-14)22(24)25/h3-6,8-13,17-18,20,23H,7H2,1-2H3,(H,24,25)/t17-,18-,20-/m1/s1. The van der Waals surface area contributed by atoms with E-state index in [9.17, 15) is 4.79 Å². The minimum absolute atomic E-state index is 0.204. The summed E-state index contributed by atoms with van der Waals surface area (Å²) in [4.78, 5) is 11.1. The minimum atomic E-state index is -0.879. The molecule has 3 atom stereocenters. The van der Waals surface area contributed by atoms with Crippen LogP contribution in [-0.2, 0) is 0 Å². The molecule has 4 rings (SSSR count). The van der Waals surface area contributed by atoms with Crippen molar-refractivity contribution >= 4 is 11.7 Å². The molecule has 1 aliphatic heterocycles. The summed E-state index contributed by atoms with van der Waals surface area (Å²) in [5.41, 5.74) is 5.50. The molecule has 25 heavy (non-hydrogen) atoms. The maximum absolute atomic E-state index is 11.1. The first-order valence-corrected chi connectivity index (χ1v) is 8.95. The molecule has 0 unspecified atom stereocenters. The van der Waals surface area contributed by atoms with E-state index in [1.165, 1.54) is 16.8 Å². The molecule has 1 aliphatic carbocycles. The molecule has 0 saturated heterocycles. The van der Waals surface area contributed by atoms with Crippen molar-refractivity contribution in [3.63, 3.8) is 0 Å². The number of rotatable bonds is 3. The maximum Gasteiger partial charge on any atom is 0.335 e. The molecule has 2 aromatic rings. The Kier molecular flexibility index (Phi) is 3.87. The quantitative estimate of drug-likeness (QED) is 0.746. The number of hydrogen-bond donors (Lipinski definition) is 2. The number of aromatic carboxylic acids is 1. The van der Waals surface area contributed by atoms with Gasteiger partial charge in [0.25, 0.3) is 0 Å². The Morgan fingerprint density at radius 3 is 2.60 bits per heavy atom. The third-order valence-corrected chi connectivity index (χ3v) is 5.57. The second-order valence-corrected chi connectivity index (χ2v) is 7.37. The summed E-state index contributed by atoms with van der Waals surface area (Å²) in [6.45, 7) is 4.45. The van der Waals surface area contributed by atoms with E-state index in [0.29, 0.717) is 23.3 Å². The van der Waals surface area contributed by atoms with Gasteiger partial charge in [0, 0.05) is 11.6 Å². The van der Waals surface area contributed by atoms with Gasteiger partial charge >= 0.3 is 5.97 Å². The van der Waals surface area contributed by atoms with Crippen LogP contribution in [0.3, 0.4) is 0 Å². The molecule has 0 radical (unpaired) electrons. The SMILES string of the molecule is CC(C)c1cccc2c1N[C@H](c1ccc(C(=O)O)cc1)[C@@H]1CC=C[C@@H]21. The van der Waals surface area contributed by atoms with Crippen LogP contribution in [0.4, 0.5) is 5.69 Å². The Morgan fingerprint density at radius 2 is 1.92 bits per heavy atom. The van der Waals surface area contributed by atoms with E-state index in [-0.39, 0.29) is 6.04 Å². The molecule has 2 aliphatic rings. The van der Waals surface area contributed by atoms with Crippen LogP contribution in [0, 0.1) is 5.92 Å². The number of benzene rings is 2. The highest BCUT2D eigenvalue weighted by molar-refractivity contribution is 5.87. The summed E-state index contributed by atoms with van der Waals surface area (Å²) in [6.07, 6.45) is 5.67. The Bertz CT molecular complexity index is 836. The normalized spacial score (nSPS) is 23.9. The lowest BCUT2D eigenvalue weighted by Crippen LogP contribution is -2.30. The summed E-state index contributed by atoms with van der Waals surface area (Å²) < 4.78 is 0. The van der Waals surface area contributed by atoms with Crippen LogP contribution in [-0.4, -0.2) is 11.1 Å². The molecule has 2 N–H and O–H groups in total. The van der Waals surface area contributed by atoms with E-state index in [2.05, 4.69) is 49.5 Å². The average molecular weight is 333 g/mol. The smallest absolute Gasteiger partial charge is 0.335 e. The van der Waals surface area contributed by atoms with E-state index >= 15 is 0 Å². The minimum Gasteiger partial charge on any atom is -0.478 e. The van der Waals surface area contributed by atoms with Crippen molar-refractivity contribution < 1.29 is 9.90 Å². The lowest BCUT2D eigenvalue weighted by atomic mass is 9.75. The molecule has 0 spiro atoms. The lowest BCUT2D eigenvalue weighted by Gasteiger charge is -2.39. The van der Waals surface area contributed by atoms with E-state index in [1.807, 2.05) is 12.1 Å². The fraction of sp³-hybridized carbons (Fsp3) is 0.318. The number of anilines is 1. The first-order chi connectivity index (χ1) is 12.1. The van der Waals surface area contributed by atoms with Crippen molar-refractivity contribution in [2.45, 2.75) is 38.1 Å². The Labute approximate surface area is 148 Å². The molecule has 0 fully saturated rings. The van der Waals surface area contributed by atoms with Crippen molar-refractivity contribution in [2.75, 3.05) is 5.32 Å². The van der Waals surface area contributed by atoms with Crippen LogP contribution < -0.4 is 5.32 Å². The number of carbonyl (C=O) groups is 1. The van der Waals surface area contributed by atoms with Crippen molar-refractivity contribution in [3.8, 4) is 0 Å². The van der Waals surface area contributed by atoms with Crippen LogP contribution in [0.5, 0.6) is 0 Å². The zero-order valence-corrected chi connectivity index (χ0v) is 14.6. The second kappa shape index (κ2) is 6.07. The summed E-state index contributed by atoms with van der Waals surface area (Å²) in [5.74, 6) is 0.486. The van der Waals surface area contributed by atoms with Gasteiger partial charge in [-0.25, -0.2) is 4.79 Å². The molecular formula is C22H23NO2. The Balaban J connectivity index is 1.77. The molecule has 0 bridgehead atoms. The largest absolute Gasteiger partial charge is 0.478 e. The molecule has 0 amide bonds. The summed E-state index contributed by atoms with van der Waals surface area (Å²) in [7, 11) is 0. The van der Waals surface area contributed by atoms with Gasteiger partial charge in [-0.05, 0) is 47.1 Å². The van der Waals surface area contributed by atoms with Gasteiger partial charge in [-0.1, -0.05) is 56.3 Å². The zero-order chi connectivity index (χ0) is 17.6. The maximum atomic E-state index is 11.1. The third kappa shape index (κ3) is 2.64. The monoisotopic (exact) mass is 333 g/mol. The fourth-order valence-electron chi connectivity index (χ4n) is 4.29. The van der Waals surface area contributed by atoms with Crippen molar-refractivity contribution in [2.24, 2.45) is 5.92 Å². The first-order valence-electron chi connectivity index (χ1n) is 8.95. The number of carboxylic acid groups (broad SMARTS) is 1. The number of hydrogen-bond acceptors (Lipinski definition) is 2. The molecule has 0 saturated carbocycles. The summed E-state index contributed by atoms with van der Waals surface area (Å²) >= 11 is 0. The van der Waals surface area contributed by atoms with E-state index < -0.39 is 5.97 Å². The summed E-state index contributed by atoms with van der Waals surface area (Å²) in [5, 5.41) is 12.9. The Hall–Kier alpha value is -2.55. The van der Waals surface area contributed by atoms with Gasteiger partial charge in [-0.3, -0.25) is 0 Å². The number of nitrogens with one attached hydrogen (secondary N) is 1. The molecular weight excluding hydrogens is 310 g/mol. The van der Waals surface area contributed by atoms with Gasteiger partial charge < -0.3 is 10.4 Å². The van der Waals surface area contributed by atoms with E-state index in [0.717, 1.165) is 12.0 Å². The fourth-order valence-corrected chi connectivity index (χ4v) is 4.29. The molecule has 128 valence electrons. The van der Waals surface area contributed by atoms with Crippen LogP contribution in [0.2, 0.25) is 0 Å². The number of allylic oxidation sites excluding steroid dienone is 2. The van der Waals surface area contributed by atoms with Crippen molar-refractivity contribution in [3.05, 3.63) is 76.9 Å². The molecule has 2 aromatic carbocycles. The number of carboxylic acids is 1. The van der Waals surface area contributed by atoms with Crippen LogP contribution >= 0.6 is 0 Å². The van der Waals surface area contributed by atoms with Crippen LogP contribution in [0.25, 0.3) is 0 Å². The molecule has 0 aromatic heterocycles. The highest BCUT2D eigenvalue weighted by Crippen LogP contribution is 2.51. The molecule has 1 heterocycles. The zero-order valence-electron chi connectivity index (χ0n) is 14.6. The summed E-state index contributed by atoms with van der Waals surface area (Å²) in [6, 6.07) is 14.2. The molecule has 3 nitrogen and oxygen atoms in total. The van der Waals surface area contributed by atoms with Gasteiger partial charge in [0.1, 0.15) is 0 Å². The van der Waals surface area contributed by atoms with Crippen molar-refractivity contribution in [1.82, 2.24) is 0 Å². The van der Waals surface area contributed by atoms with E-state index in [4.69, 9.17) is 5.11 Å². The van der Waals surface area contributed by atoms with Gasteiger partial charge in [0.2, 0.25) is 0 Å². The van der Waals surface area contributed by atoms with Gasteiger partial charge in [0.05, 0.1) is 11.6 Å². The number of fused-ring (bicyclic) bond motifs is 3. The van der Waals surface area contributed by atoms with E-state index in [1.54, 1.807) is 12.1 Å². The van der Waals surface area contributed by atoms with Gasteiger partial charge in [-0.2, -0.15) is 0 Å². The average Bonchev–Trinajstić information content (AvgIpc) is 3.10. The number of para-hydroxylation sites is 1. The molecule has 3 heteroatoms. The van der Waals surface area contributed by atoms with Crippen LogP contribution in [0.15, 0.2) is 54.6 Å². The lowest BCUT2D eigenvalue weighted by molar-refractivity contribution is 0.0697. The first kappa shape index (κ1) is 15.9. The highest BCUT2D eigenvalue weighted by Gasteiger charge is 2.38. The van der Waals surface area contributed by atoms with Crippen LogP contribution in [0.1, 0.15) is 65.2 Å². The Morgan fingerprint density at radius 1 is 1.16 bits per heavy atom. The van der Waals surface area contributed by atoms with Gasteiger partial charge in [-0.15, -0.1) is 0 Å².